The number of aromatic nitrogens is 1. The van der Waals surface area contributed by atoms with Gasteiger partial charge in [-0.2, -0.15) is 4.73 Å². The van der Waals surface area contributed by atoms with Gasteiger partial charge in [-0.25, -0.2) is 0 Å². The van der Waals surface area contributed by atoms with E-state index in [1.165, 1.54) is 12.4 Å². The third-order valence-corrected chi connectivity index (χ3v) is 2.15. The van der Waals surface area contributed by atoms with Gasteiger partial charge in [-0.05, 0) is 6.42 Å². The van der Waals surface area contributed by atoms with Gasteiger partial charge in [0.25, 0.3) is 0 Å². The Morgan fingerprint density at radius 1 is 1.54 bits per heavy atom. The van der Waals surface area contributed by atoms with Crippen molar-refractivity contribution in [1.82, 2.24) is 0 Å². The van der Waals surface area contributed by atoms with Gasteiger partial charge in [-0.3, -0.25) is 4.79 Å². The molecule has 0 amide bonds. The minimum Gasteiger partial charge on any atom is -0.619 e. The number of rotatable bonds is 3. The van der Waals surface area contributed by atoms with Crippen molar-refractivity contribution in [2.45, 2.75) is 20.3 Å². The Hall–Kier alpha value is -1.38. The van der Waals surface area contributed by atoms with Crippen molar-refractivity contribution in [2.24, 2.45) is 5.92 Å². The first kappa shape index (κ1) is 9.71. The third kappa shape index (κ3) is 2.28. The quantitative estimate of drug-likeness (QED) is 0.401. The van der Waals surface area contributed by atoms with Crippen LogP contribution in [0.3, 0.4) is 0 Å². The SMILES string of the molecule is CCC(C)C(=O)c1cc[n+]([O-])cc1. The molecule has 0 aliphatic carbocycles. The molecule has 0 saturated heterocycles. The first-order valence-electron chi connectivity index (χ1n) is 4.38. The van der Waals surface area contributed by atoms with E-state index < -0.39 is 0 Å². The van der Waals surface area contributed by atoms with Gasteiger partial charge in [0.1, 0.15) is 0 Å². The minimum atomic E-state index is 0.0301. The maximum atomic E-state index is 11.6. The van der Waals surface area contributed by atoms with Crippen LogP contribution in [0.15, 0.2) is 24.5 Å². The number of Topliss-reactive ketones (excluding diaryl/α,β-unsaturated/α-hetero) is 1. The van der Waals surface area contributed by atoms with E-state index in [0.717, 1.165) is 6.42 Å². The van der Waals surface area contributed by atoms with Gasteiger partial charge in [0, 0.05) is 23.6 Å². The highest BCUT2D eigenvalue weighted by molar-refractivity contribution is 5.97. The van der Waals surface area contributed by atoms with Crippen molar-refractivity contribution in [3.8, 4) is 0 Å². The molecule has 1 rings (SSSR count). The summed E-state index contributed by atoms with van der Waals surface area (Å²) in [7, 11) is 0. The Kier molecular flexibility index (Phi) is 3.01. The highest BCUT2D eigenvalue weighted by atomic mass is 16.5. The van der Waals surface area contributed by atoms with E-state index in [2.05, 4.69) is 0 Å². The molecule has 1 aromatic rings. The van der Waals surface area contributed by atoms with Crippen LogP contribution in [0.4, 0.5) is 0 Å². The average Bonchev–Trinajstić information content (AvgIpc) is 2.17. The summed E-state index contributed by atoms with van der Waals surface area (Å²) in [6.07, 6.45) is 3.51. The van der Waals surface area contributed by atoms with Crippen molar-refractivity contribution in [3.63, 3.8) is 0 Å². The smallest absolute Gasteiger partial charge is 0.181 e. The largest absolute Gasteiger partial charge is 0.619 e. The van der Waals surface area contributed by atoms with Crippen LogP contribution in [-0.4, -0.2) is 5.78 Å². The second-order valence-corrected chi connectivity index (χ2v) is 3.12. The molecular weight excluding hydrogens is 166 g/mol. The van der Waals surface area contributed by atoms with Crippen molar-refractivity contribution in [3.05, 3.63) is 35.3 Å². The normalized spacial score (nSPS) is 12.5. The number of hydrogen-bond donors (Lipinski definition) is 0. The fourth-order valence-corrected chi connectivity index (χ4v) is 1.05. The lowest BCUT2D eigenvalue weighted by molar-refractivity contribution is -0.605. The first-order valence-corrected chi connectivity index (χ1v) is 4.38. The second kappa shape index (κ2) is 4.03. The van der Waals surface area contributed by atoms with E-state index >= 15 is 0 Å². The summed E-state index contributed by atoms with van der Waals surface area (Å²) in [5, 5.41) is 10.7. The molecule has 70 valence electrons. The summed E-state index contributed by atoms with van der Waals surface area (Å²) in [5.41, 5.74) is 0.612. The zero-order chi connectivity index (χ0) is 9.84. The molecular formula is C10H13NO2. The van der Waals surface area contributed by atoms with Gasteiger partial charge >= 0.3 is 0 Å². The highest BCUT2D eigenvalue weighted by Crippen LogP contribution is 2.09. The summed E-state index contributed by atoms with van der Waals surface area (Å²) in [6, 6.07) is 3.11. The van der Waals surface area contributed by atoms with E-state index in [4.69, 9.17) is 0 Å². The predicted molar refractivity (Wildman–Crippen MR) is 49.2 cm³/mol. The third-order valence-electron chi connectivity index (χ3n) is 2.15. The fraction of sp³-hybridized carbons (Fsp3) is 0.400. The van der Waals surface area contributed by atoms with Crippen LogP contribution in [-0.2, 0) is 0 Å². The Labute approximate surface area is 77.6 Å². The molecule has 3 nitrogen and oxygen atoms in total. The van der Waals surface area contributed by atoms with Crippen LogP contribution in [0.5, 0.6) is 0 Å². The molecule has 1 atom stereocenters. The molecule has 1 unspecified atom stereocenters. The lowest BCUT2D eigenvalue weighted by atomic mass is 9.98. The van der Waals surface area contributed by atoms with Gasteiger partial charge in [-0.1, -0.05) is 13.8 Å². The second-order valence-electron chi connectivity index (χ2n) is 3.12. The Morgan fingerprint density at radius 2 is 2.08 bits per heavy atom. The number of ketones is 1. The summed E-state index contributed by atoms with van der Waals surface area (Å²) in [6.45, 7) is 3.86. The van der Waals surface area contributed by atoms with E-state index in [0.29, 0.717) is 10.3 Å². The molecule has 0 bridgehead atoms. The van der Waals surface area contributed by atoms with Crippen LogP contribution in [0.2, 0.25) is 0 Å². The molecule has 3 heteroatoms. The molecule has 0 saturated carbocycles. The first-order chi connectivity index (χ1) is 6.15. The highest BCUT2D eigenvalue weighted by Gasteiger charge is 2.13. The summed E-state index contributed by atoms with van der Waals surface area (Å²) in [4.78, 5) is 11.6. The van der Waals surface area contributed by atoms with Crippen molar-refractivity contribution < 1.29 is 9.52 Å². The van der Waals surface area contributed by atoms with Crippen molar-refractivity contribution in [2.75, 3.05) is 0 Å². The lowest BCUT2D eigenvalue weighted by Crippen LogP contribution is -2.24. The molecule has 0 aliphatic heterocycles. The molecule has 1 aromatic heterocycles. The predicted octanol–water partition coefficient (Wildman–Crippen LogP) is 1.55. The number of carbonyl (C=O) groups is 1. The van der Waals surface area contributed by atoms with E-state index in [1.807, 2.05) is 13.8 Å². The van der Waals surface area contributed by atoms with E-state index in [1.54, 1.807) is 12.1 Å². The number of nitrogens with zero attached hydrogens (tertiary/aromatic N) is 1. The van der Waals surface area contributed by atoms with E-state index in [9.17, 15) is 10.0 Å². The van der Waals surface area contributed by atoms with E-state index in [-0.39, 0.29) is 11.7 Å². The van der Waals surface area contributed by atoms with Crippen LogP contribution >= 0.6 is 0 Å². The van der Waals surface area contributed by atoms with Gasteiger partial charge in [-0.15, -0.1) is 0 Å². The molecule has 1 heterocycles. The maximum Gasteiger partial charge on any atom is 0.181 e. The maximum absolute atomic E-state index is 11.6. The number of pyridine rings is 1. The zero-order valence-corrected chi connectivity index (χ0v) is 7.86. The van der Waals surface area contributed by atoms with Crippen molar-refractivity contribution >= 4 is 5.78 Å². The molecule has 0 N–H and O–H groups in total. The molecule has 0 radical (unpaired) electrons. The van der Waals surface area contributed by atoms with Crippen LogP contribution in [0.1, 0.15) is 30.6 Å². The van der Waals surface area contributed by atoms with Crippen molar-refractivity contribution in [1.29, 1.82) is 0 Å². The Morgan fingerprint density at radius 3 is 2.54 bits per heavy atom. The molecule has 0 fully saturated rings. The minimum absolute atomic E-state index is 0.0301. The molecule has 13 heavy (non-hydrogen) atoms. The Bertz CT molecular complexity index is 292. The summed E-state index contributed by atoms with van der Waals surface area (Å²) in [5.74, 6) is 0.130. The van der Waals surface area contributed by atoms with Crippen LogP contribution < -0.4 is 4.73 Å². The van der Waals surface area contributed by atoms with Gasteiger partial charge in [0.05, 0.1) is 0 Å². The van der Waals surface area contributed by atoms with Gasteiger partial charge < -0.3 is 5.21 Å². The Balaban J connectivity index is 2.83. The van der Waals surface area contributed by atoms with Gasteiger partial charge in [0.15, 0.2) is 18.2 Å². The molecule has 0 spiro atoms. The molecule has 0 aromatic carbocycles. The monoisotopic (exact) mass is 179 g/mol. The van der Waals surface area contributed by atoms with Crippen LogP contribution in [0, 0.1) is 11.1 Å². The van der Waals surface area contributed by atoms with Crippen LogP contribution in [0.25, 0.3) is 0 Å². The fourth-order valence-electron chi connectivity index (χ4n) is 1.05. The standard InChI is InChI=1S/C10H13NO2/c1-3-8(2)10(12)9-4-6-11(13)7-5-9/h4-8H,3H2,1-2H3. The summed E-state index contributed by atoms with van der Waals surface area (Å²) < 4.78 is 0.674. The number of carbonyl (C=O) groups excluding carboxylic acids is 1. The lowest BCUT2D eigenvalue weighted by Gasteiger charge is -2.06. The topological polar surface area (TPSA) is 44.0 Å². The summed E-state index contributed by atoms with van der Waals surface area (Å²) >= 11 is 0. The average molecular weight is 179 g/mol. The molecule has 0 aliphatic rings. The zero-order valence-electron chi connectivity index (χ0n) is 7.86. The van der Waals surface area contributed by atoms with Gasteiger partial charge in [0.2, 0.25) is 0 Å². The number of hydrogen-bond acceptors (Lipinski definition) is 2.